The van der Waals surface area contributed by atoms with E-state index in [1.807, 2.05) is 6.07 Å². The number of rotatable bonds is 3. The monoisotopic (exact) mass is 312 g/mol. The van der Waals surface area contributed by atoms with E-state index in [1.165, 1.54) is 15.0 Å². The van der Waals surface area contributed by atoms with Crippen molar-refractivity contribution >= 4 is 38.7 Å². The van der Waals surface area contributed by atoms with E-state index >= 15 is 0 Å². The quantitative estimate of drug-likeness (QED) is 0.683. The van der Waals surface area contributed by atoms with Crippen molar-refractivity contribution in [2.24, 2.45) is 0 Å². The normalized spacial score (nSPS) is 12.0. The minimum absolute atomic E-state index is 0.160. The van der Waals surface area contributed by atoms with Gasteiger partial charge in [-0.05, 0) is 42.6 Å². The summed E-state index contributed by atoms with van der Waals surface area (Å²) in [5.41, 5.74) is 1.42. The smallest absolute Gasteiger partial charge is 0.0992 e. The molecule has 0 bridgehead atoms. The zero-order valence-corrected chi connectivity index (χ0v) is 13.0. The van der Waals surface area contributed by atoms with Crippen LogP contribution in [0, 0.1) is 11.3 Å². The van der Waals surface area contributed by atoms with Gasteiger partial charge in [0.2, 0.25) is 0 Å². The van der Waals surface area contributed by atoms with E-state index in [0.29, 0.717) is 10.6 Å². The number of anilines is 1. The first-order chi connectivity index (χ1) is 10.2. The molecule has 1 N–H and O–H groups in total. The molecule has 0 aliphatic carbocycles. The molecule has 1 atom stereocenters. The van der Waals surface area contributed by atoms with Crippen molar-refractivity contribution in [1.29, 1.82) is 5.26 Å². The van der Waals surface area contributed by atoms with Crippen LogP contribution in [-0.2, 0) is 0 Å². The average Bonchev–Trinajstić information content (AvgIpc) is 2.93. The van der Waals surface area contributed by atoms with Crippen molar-refractivity contribution in [1.82, 2.24) is 0 Å². The van der Waals surface area contributed by atoms with Crippen LogP contribution in [-0.4, -0.2) is 0 Å². The Morgan fingerprint density at radius 1 is 1.19 bits per heavy atom. The molecule has 2 nitrogen and oxygen atoms in total. The molecular formula is C17H13ClN2S. The highest BCUT2D eigenvalue weighted by molar-refractivity contribution is 7.19. The standard InChI is InChI=1S/C17H13ClN2S/c1-11(17-9-13-4-2-3-5-16(13)21-17)20-15-7-6-12(10-19)8-14(15)18/h2-9,11,20H,1H3. The summed E-state index contributed by atoms with van der Waals surface area (Å²) < 4.78 is 1.28. The SMILES string of the molecule is CC(Nc1ccc(C#N)cc1Cl)c1cc2ccccc2s1. The van der Waals surface area contributed by atoms with Gasteiger partial charge in [0.15, 0.2) is 0 Å². The highest BCUT2D eigenvalue weighted by Gasteiger charge is 2.11. The summed E-state index contributed by atoms with van der Waals surface area (Å²) in [6.07, 6.45) is 0. The lowest BCUT2D eigenvalue weighted by molar-refractivity contribution is 0.909. The Morgan fingerprint density at radius 2 is 2.00 bits per heavy atom. The molecule has 4 heteroatoms. The molecule has 0 aliphatic rings. The summed E-state index contributed by atoms with van der Waals surface area (Å²) in [4.78, 5) is 1.26. The lowest BCUT2D eigenvalue weighted by Gasteiger charge is -2.15. The molecule has 0 saturated heterocycles. The van der Waals surface area contributed by atoms with Gasteiger partial charge in [0.1, 0.15) is 0 Å². The Labute approximate surface area is 132 Å². The van der Waals surface area contributed by atoms with Gasteiger partial charge in [-0.2, -0.15) is 5.26 Å². The Morgan fingerprint density at radius 3 is 2.71 bits per heavy atom. The molecule has 1 heterocycles. The number of nitrogens with zero attached hydrogens (tertiary/aromatic N) is 1. The summed E-state index contributed by atoms with van der Waals surface area (Å²) in [7, 11) is 0. The van der Waals surface area contributed by atoms with E-state index in [0.717, 1.165) is 5.69 Å². The molecule has 3 aromatic rings. The van der Waals surface area contributed by atoms with Crippen molar-refractivity contribution in [2.45, 2.75) is 13.0 Å². The minimum Gasteiger partial charge on any atom is -0.377 e. The van der Waals surface area contributed by atoms with E-state index in [2.05, 4.69) is 48.6 Å². The molecule has 2 aromatic carbocycles. The minimum atomic E-state index is 0.160. The summed E-state index contributed by atoms with van der Waals surface area (Å²) in [6, 6.07) is 18.1. The number of hydrogen-bond donors (Lipinski definition) is 1. The zero-order valence-electron chi connectivity index (χ0n) is 11.4. The van der Waals surface area contributed by atoms with Gasteiger partial charge in [0.25, 0.3) is 0 Å². The molecule has 0 aliphatic heterocycles. The number of hydrogen-bond acceptors (Lipinski definition) is 3. The van der Waals surface area contributed by atoms with E-state index in [9.17, 15) is 0 Å². The Kier molecular flexibility index (Phi) is 3.83. The van der Waals surface area contributed by atoms with Crippen LogP contribution in [0.4, 0.5) is 5.69 Å². The first-order valence-corrected chi connectivity index (χ1v) is 7.81. The van der Waals surface area contributed by atoms with Crippen molar-refractivity contribution in [3.63, 3.8) is 0 Å². The number of nitrogens with one attached hydrogen (secondary N) is 1. The topological polar surface area (TPSA) is 35.8 Å². The Hall–Kier alpha value is -2.02. The second kappa shape index (κ2) is 5.77. The molecule has 104 valence electrons. The van der Waals surface area contributed by atoms with Gasteiger partial charge in [-0.25, -0.2) is 0 Å². The van der Waals surface area contributed by atoms with Gasteiger partial charge in [-0.3, -0.25) is 0 Å². The second-order valence-electron chi connectivity index (χ2n) is 4.86. The van der Waals surface area contributed by atoms with E-state index in [-0.39, 0.29) is 6.04 Å². The van der Waals surface area contributed by atoms with Gasteiger partial charge < -0.3 is 5.32 Å². The molecule has 21 heavy (non-hydrogen) atoms. The second-order valence-corrected chi connectivity index (χ2v) is 6.38. The molecule has 3 rings (SSSR count). The van der Waals surface area contributed by atoms with Crippen LogP contribution in [0.2, 0.25) is 5.02 Å². The molecular weight excluding hydrogens is 300 g/mol. The van der Waals surface area contributed by atoms with Crippen molar-refractivity contribution in [3.05, 3.63) is 64.0 Å². The first-order valence-electron chi connectivity index (χ1n) is 6.62. The fourth-order valence-corrected chi connectivity index (χ4v) is 3.52. The average molecular weight is 313 g/mol. The van der Waals surface area contributed by atoms with Gasteiger partial charge in [-0.15, -0.1) is 11.3 Å². The molecule has 0 spiro atoms. The van der Waals surface area contributed by atoms with Gasteiger partial charge in [0, 0.05) is 9.58 Å². The molecule has 0 radical (unpaired) electrons. The lowest BCUT2D eigenvalue weighted by atomic mass is 10.2. The van der Waals surface area contributed by atoms with Crippen molar-refractivity contribution < 1.29 is 0 Å². The number of thiophene rings is 1. The molecule has 0 amide bonds. The molecule has 0 saturated carbocycles. The summed E-state index contributed by atoms with van der Waals surface area (Å²) in [5.74, 6) is 0. The maximum atomic E-state index is 8.87. The fourth-order valence-electron chi connectivity index (χ4n) is 2.22. The summed E-state index contributed by atoms with van der Waals surface area (Å²) in [6.45, 7) is 2.11. The lowest BCUT2D eigenvalue weighted by Crippen LogP contribution is -2.05. The van der Waals surface area contributed by atoms with Crippen molar-refractivity contribution in [3.8, 4) is 6.07 Å². The predicted octanol–water partition coefficient (Wildman–Crippen LogP) is 5.60. The van der Waals surface area contributed by atoms with Crippen LogP contribution in [0.5, 0.6) is 0 Å². The number of nitriles is 1. The third-order valence-electron chi connectivity index (χ3n) is 3.34. The summed E-state index contributed by atoms with van der Waals surface area (Å²) >= 11 is 7.99. The van der Waals surface area contributed by atoms with E-state index in [1.54, 1.807) is 23.5 Å². The Bertz CT molecular complexity index is 799. The van der Waals surface area contributed by atoms with Crippen LogP contribution in [0.3, 0.4) is 0 Å². The maximum Gasteiger partial charge on any atom is 0.0992 e. The summed E-state index contributed by atoms with van der Waals surface area (Å²) in [5, 5.41) is 14.1. The van der Waals surface area contributed by atoms with E-state index < -0.39 is 0 Å². The number of fused-ring (bicyclic) bond motifs is 1. The zero-order chi connectivity index (χ0) is 14.8. The third-order valence-corrected chi connectivity index (χ3v) is 4.95. The highest BCUT2D eigenvalue weighted by atomic mass is 35.5. The van der Waals surface area contributed by atoms with Crippen LogP contribution in [0.25, 0.3) is 10.1 Å². The van der Waals surface area contributed by atoms with Gasteiger partial charge >= 0.3 is 0 Å². The van der Waals surface area contributed by atoms with Crippen LogP contribution >= 0.6 is 22.9 Å². The fraction of sp³-hybridized carbons (Fsp3) is 0.118. The predicted molar refractivity (Wildman–Crippen MR) is 90.0 cm³/mol. The molecule has 1 unspecified atom stereocenters. The maximum absolute atomic E-state index is 8.87. The van der Waals surface area contributed by atoms with Crippen LogP contribution < -0.4 is 5.32 Å². The first kappa shape index (κ1) is 13.9. The van der Waals surface area contributed by atoms with Gasteiger partial charge in [0.05, 0.1) is 28.4 Å². The Balaban J connectivity index is 1.86. The molecule has 0 fully saturated rings. The largest absolute Gasteiger partial charge is 0.377 e. The van der Waals surface area contributed by atoms with Crippen LogP contribution in [0.1, 0.15) is 23.4 Å². The van der Waals surface area contributed by atoms with Crippen LogP contribution in [0.15, 0.2) is 48.5 Å². The number of benzene rings is 2. The highest BCUT2D eigenvalue weighted by Crippen LogP contribution is 2.33. The molecule has 1 aromatic heterocycles. The van der Waals surface area contributed by atoms with Crippen molar-refractivity contribution in [2.75, 3.05) is 5.32 Å². The third kappa shape index (κ3) is 2.87. The van der Waals surface area contributed by atoms with E-state index in [4.69, 9.17) is 16.9 Å². The number of halogens is 1. The van der Waals surface area contributed by atoms with Gasteiger partial charge in [-0.1, -0.05) is 29.8 Å².